The number of aromatic hydroxyl groups is 2. The molecule has 0 aliphatic carbocycles. The zero-order valence-electron chi connectivity index (χ0n) is 8.53. The SMILES string of the molecule is CC(C)CCSc1cc(O)cc(O)c1. The zero-order valence-corrected chi connectivity index (χ0v) is 9.34. The molecule has 14 heavy (non-hydrogen) atoms. The molecule has 0 amide bonds. The van der Waals surface area contributed by atoms with Gasteiger partial charge in [0.25, 0.3) is 0 Å². The van der Waals surface area contributed by atoms with Crippen molar-refractivity contribution in [2.24, 2.45) is 5.92 Å². The van der Waals surface area contributed by atoms with Crippen LogP contribution in [0.2, 0.25) is 0 Å². The molecule has 1 aromatic carbocycles. The Balaban J connectivity index is 2.50. The lowest BCUT2D eigenvalue weighted by molar-refractivity contribution is 0.448. The molecule has 3 heteroatoms. The average molecular weight is 212 g/mol. The summed E-state index contributed by atoms with van der Waals surface area (Å²) in [6, 6.07) is 4.68. The third-order valence-corrected chi connectivity index (χ3v) is 2.85. The maximum absolute atomic E-state index is 9.23. The molecule has 1 rings (SSSR count). The molecule has 0 saturated carbocycles. The highest BCUT2D eigenvalue weighted by molar-refractivity contribution is 7.99. The van der Waals surface area contributed by atoms with Gasteiger partial charge in [-0.15, -0.1) is 11.8 Å². The van der Waals surface area contributed by atoms with E-state index in [1.807, 2.05) is 0 Å². The van der Waals surface area contributed by atoms with E-state index in [9.17, 15) is 10.2 Å². The van der Waals surface area contributed by atoms with E-state index < -0.39 is 0 Å². The van der Waals surface area contributed by atoms with Gasteiger partial charge in [-0.3, -0.25) is 0 Å². The topological polar surface area (TPSA) is 40.5 Å². The summed E-state index contributed by atoms with van der Waals surface area (Å²) in [5.41, 5.74) is 0. The Bertz CT molecular complexity index is 277. The third-order valence-electron chi connectivity index (χ3n) is 1.84. The van der Waals surface area contributed by atoms with Gasteiger partial charge >= 0.3 is 0 Å². The highest BCUT2D eigenvalue weighted by Gasteiger charge is 2.00. The van der Waals surface area contributed by atoms with Crippen LogP contribution in [0.4, 0.5) is 0 Å². The average Bonchev–Trinajstić information content (AvgIpc) is 2.01. The van der Waals surface area contributed by atoms with Crippen LogP contribution in [0, 0.1) is 5.92 Å². The number of phenols is 2. The smallest absolute Gasteiger partial charge is 0.120 e. The second kappa shape index (κ2) is 5.15. The summed E-state index contributed by atoms with van der Waals surface area (Å²) in [6.07, 6.45) is 1.14. The Morgan fingerprint density at radius 1 is 1.14 bits per heavy atom. The first-order valence-electron chi connectivity index (χ1n) is 4.74. The zero-order chi connectivity index (χ0) is 10.6. The fraction of sp³-hybridized carbons (Fsp3) is 0.455. The van der Waals surface area contributed by atoms with Gasteiger partial charge in [-0.25, -0.2) is 0 Å². The van der Waals surface area contributed by atoms with Crippen LogP contribution in [-0.2, 0) is 0 Å². The summed E-state index contributed by atoms with van der Waals surface area (Å²) in [4.78, 5) is 0.920. The van der Waals surface area contributed by atoms with Gasteiger partial charge in [-0.2, -0.15) is 0 Å². The normalized spacial score (nSPS) is 10.8. The minimum atomic E-state index is 0.122. The van der Waals surface area contributed by atoms with E-state index in [1.165, 1.54) is 6.07 Å². The van der Waals surface area contributed by atoms with Crippen LogP contribution in [-0.4, -0.2) is 16.0 Å². The third kappa shape index (κ3) is 3.92. The van der Waals surface area contributed by atoms with E-state index in [0.29, 0.717) is 5.92 Å². The van der Waals surface area contributed by atoms with Gasteiger partial charge in [0.15, 0.2) is 0 Å². The molecule has 0 aliphatic rings. The second-order valence-corrected chi connectivity index (χ2v) is 4.88. The molecular formula is C11H16O2S. The standard InChI is InChI=1S/C11H16O2S/c1-8(2)3-4-14-11-6-9(12)5-10(13)7-11/h5-8,12-13H,3-4H2,1-2H3. The summed E-state index contributed by atoms with van der Waals surface area (Å²) in [5, 5.41) is 18.5. The molecule has 0 heterocycles. The summed E-state index contributed by atoms with van der Waals surface area (Å²) in [5.74, 6) is 1.95. The molecule has 0 bridgehead atoms. The first-order chi connectivity index (χ1) is 6.58. The molecule has 0 atom stereocenters. The van der Waals surface area contributed by atoms with E-state index in [1.54, 1.807) is 23.9 Å². The maximum atomic E-state index is 9.23. The second-order valence-electron chi connectivity index (χ2n) is 3.72. The lowest BCUT2D eigenvalue weighted by atomic mass is 10.2. The Morgan fingerprint density at radius 3 is 2.21 bits per heavy atom. The molecule has 0 radical (unpaired) electrons. The summed E-state index contributed by atoms with van der Waals surface area (Å²) in [6.45, 7) is 4.36. The van der Waals surface area contributed by atoms with Crippen LogP contribution in [0.25, 0.3) is 0 Å². The Hall–Kier alpha value is -0.830. The van der Waals surface area contributed by atoms with Crippen molar-refractivity contribution < 1.29 is 10.2 Å². The number of hydrogen-bond acceptors (Lipinski definition) is 3. The fourth-order valence-corrected chi connectivity index (χ4v) is 2.30. The fourth-order valence-electron chi connectivity index (χ4n) is 1.06. The first kappa shape index (κ1) is 11.2. The van der Waals surface area contributed by atoms with E-state index in [0.717, 1.165) is 17.1 Å². The van der Waals surface area contributed by atoms with Crippen LogP contribution in [0.3, 0.4) is 0 Å². The lowest BCUT2D eigenvalue weighted by Crippen LogP contribution is -1.89. The minimum absolute atomic E-state index is 0.122. The molecule has 0 fully saturated rings. The molecule has 2 nitrogen and oxygen atoms in total. The van der Waals surface area contributed by atoms with Crippen molar-refractivity contribution in [3.63, 3.8) is 0 Å². The Kier molecular flexibility index (Phi) is 4.14. The van der Waals surface area contributed by atoms with Crippen molar-refractivity contribution in [3.8, 4) is 11.5 Å². The number of phenolic OH excluding ortho intramolecular Hbond substituents is 2. The highest BCUT2D eigenvalue weighted by atomic mass is 32.2. The number of hydrogen-bond donors (Lipinski definition) is 2. The predicted octanol–water partition coefficient (Wildman–Crippen LogP) is 3.24. The van der Waals surface area contributed by atoms with Gasteiger partial charge in [0.05, 0.1) is 0 Å². The Morgan fingerprint density at radius 2 is 1.71 bits per heavy atom. The molecule has 0 spiro atoms. The molecule has 0 saturated heterocycles. The van der Waals surface area contributed by atoms with Crippen molar-refractivity contribution >= 4 is 11.8 Å². The molecule has 78 valence electrons. The van der Waals surface area contributed by atoms with Crippen LogP contribution >= 0.6 is 11.8 Å². The summed E-state index contributed by atoms with van der Waals surface area (Å²) < 4.78 is 0. The van der Waals surface area contributed by atoms with E-state index >= 15 is 0 Å². The van der Waals surface area contributed by atoms with Crippen molar-refractivity contribution in [1.29, 1.82) is 0 Å². The predicted molar refractivity (Wildman–Crippen MR) is 60.0 cm³/mol. The lowest BCUT2D eigenvalue weighted by Gasteiger charge is -2.05. The first-order valence-corrected chi connectivity index (χ1v) is 5.72. The van der Waals surface area contributed by atoms with Crippen molar-refractivity contribution in [3.05, 3.63) is 18.2 Å². The monoisotopic (exact) mass is 212 g/mol. The van der Waals surface area contributed by atoms with Gasteiger partial charge < -0.3 is 10.2 Å². The van der Waals surface area contributed by atoms with Crippen molar-refractivity contribution in [2.45, 2.75) is 25.2 Å². The molecule has 0 unspecified atom stereocenters. The quantitative estimate of drug-likeness (QED) is 0.753. The van der Waals surface area contributed by atoms with E-state index in [4.69, 9.17) is 0 Å². The van der Waals surface area contributed by atoms with E-state index in [2.05, 4.69) is 13.8 Å². The summed E-state index contributed by atoms with van der Waals surface area (Å²) >= 11 is 1.66. The van der Waals surface area contributed by atoms with Gasteiger partial charge in [-0.1, -0.05) is 13.8 Å². The maximum Gasteiger partial charge on any atom is 0.120 e. The van der Waals surface area contributed by atoms with Gasteiger partial charge in [0, 0.05) is 11.0 Å². The van der Waals surface area contributed by atoms with Crippen molar-refractivity contribution in [2.75, 3.05) is 5.75 Å². The minimum Gasteiger partial charge on any atom is -0.508 e. The van der Waals surface area contributed by atoms with Gasteiger partial charge in [0.1, 0.15) is 11.5 Å². The molecule has 1 aromatic rings. The Labute approximate surface area is 89.0 Å². The number of rotatable bonds is 4. The number of thioether (sulfide) groups is 1. The molecular weight excluding hydrogens is 196 g/mol. The number of benzene rings is 1. The largest absolute Gasteiger partial charge is 0.508 e. The van der Waals surface area contributed by atoms with Crippen LogP contribution in [0.1, 0.15) is 20.3 Å². The highest BCUT2D eigenvalue weighted by Crippen LogP contribution is 2.28. The van der Waals surface area contributed by atoms with Crippen molar-refractivity contribution in [1.82, 2.24) is 0 Å². The van der Waals surface area contributed by atoms with Crippen LogP contribution < -0.4 is 0 Å². The molecule has 0 aromatic heterocycles. The van der Waals surface area contributed by atoms with Crippen LogP contribution in [0.5, 0.6) is 11.5 Å². The van der Waals surface area contributed by atoms with E-state index in [-0.39, 0.29) is 11.5 Å². The van der Waals surface area contributed by atoms with Gasteiger partial charge in [-0.05, 0) is 30.2 Å². The molecule has 2 N–H and O–H groups in total. The molecule has 0 aliphatic heterocycles. The summed E-state index contributed by atoms with van der Waals surface area (Å²) in [7, 11) is 0. The van der Waals surface area contributed by atoms with Gasteiger partial charge in [0.2, 0.25) is 0 Å². The van der Waals surface area contributed by atoms with Crippen LogP contribution in [0.15, 0.2) is 23.1 Å².